The molecule has 0 aliphatic rings. The molecule has 0 aromatic heterocycles. The number of anilines is 1. The summed E-state index contributed by atoms with van der Waals surface area (Å²) >= 11 is 4.83. The zero-order valence-electron chi connectivity index (χ0n) is 12.0. The lowest BCUT2D eigenvalue weighted by atomic mass is 10.2. The fraction of sp³-hybridized carbons (Fsp3) is 0.188. The van der Waals surface area contributed by atoms with Crippen LogP contribution in [0.2, 0.25) is 0 Å². The Hall–Kier alpha value is -1.40. The topological polar surface area (TPSA) is 29.1 Å². The van der Waals surface area contributed by atoms with Crippen LogP contribution in [0.3, 0.4) is 0 Å². The van der Waals surface area contributed by atoms with Gasteiger partial charge < -0.3 is 5.32 Å². The van der Waals surface area contributed by atoms with Gasteiger partial charge in [0.1, 0.15) is 11.6 Å². The number of rotatable bonds is 4. The molecule has 0 unspecified atom stereocenters. The molecule has 0 bridgehead atoms. The summed E-state index contributed by atoms with van der Waals surface area (Å²) in [7, 11) is 0. The molecule has 22 heavy (non-hydrogen) atoms. The Labute approximate surface area is 140 Å². The lowest BCUT2D eigenvalue weighted by molar-refractivity contribution is -0.113. The van der Waals surface area contributed by atoms with E-state index < -0.39 is 11.6 Å². The van der Waals surface area contributed by atoms with Gasteiger partial charge in [-0.15, -0.1) is 11.8 Å². The molecule has 2 aromatic rings. The maximum atomic E-state index is 13.5. The highest BCUT2D eigenvalue weighted by molar-refractivity contribution is 9.10. The van der Waals surface area contributed by atoms with Gasteiger partial charge in [-0.05, 0) is 49.2 Å². The Balaban J connectivity index is 2.00. The molecule has 6 heteroatoms. The fourth-order valence-electron chi connectivity index (χ4n) is 1.83. The average molecular weight is 386 g/mol. The van der Waals surface area contributed by atoms with Crippen LogP contribution in [0.5, 0.6) is 0 Å². The van der Waals surface area contributed by atoms with Crippen LogP contribution >= 0.6 is 27.7 Å². The standard InChI is InChI=1S/C16H14BrF2NOS/c1-9-6-15(10(2)5-12(9)17)22-8-16(21)20-14-4-3-11(18)7-13(14)19/h3-7H,8H2,1-2H3,(H,20,21). The molecular formula is C16H14BrF2NOS. The van der Waals surface area contributed by atoms with E-state index in [9.17, 15) is 13.6 Å². The highest BCUT2D eigenvalue weighted by atomic mass is 79.9. The molecule has 0 aliphatic carbocycles. The Morgan fingerprint density at radius 2 is 1.91 bits per heavy atom. The van der Waals surface area contributed by atoms with Crippen LogP contribution in [-0.4, -0.2) is 11.7 Å². The number of aryl methyl sites for hydroxylation is 2. The smallest absolute Gasteiger partial charge is 0.234 e. The predicted octanol–water partition coefficient (Wildman–Crippen LogP) is 5.07. The van der Waals surface area contributed by atoms with Gasteiger partial charge in [-0.25, -0.2) is 8.78 Å². The third kappa shape index (κ3) is 4.30. The summed E-state index contributed by atoms with van der Waals surface area (Å²) < 4.78 is 27.3. The number of hydrogen-bond donors (Lipinski definition) is 1. The second-order valence-electron chi connectivity index (χ2n) is 4.83. The maximum absolute atomic E-state index is 13.5. The van der Waals surface area contributed by atoms with Gasteiger partial charge in [0, 0.05) is 15.4 Å². The summed E-state index contributed by atoms with van der Waals surface area (Å²) in [6.45, 7) is 3.94. The van der Waals surface area contributed by atoms with E-state index in [-0.39, 0.29) is 17.3 Å². The molecule has 1 amide bonds. The van der Waals surface area contributed by atoms with Crippen LogP contribution in [0.15, 0.2) is 39.7 Å². The van der Waals surface area contributed by atoms with Gasteiger partial charge in [-0.3, -0.25) is 4.79 Å². The molecule has 0 saturated carbocycles. The molecule has 0 atom stereocenters. The summed E-state index contributed by atoms with van der Waals surface area (Å²) in [4.78, 5) is 12.9. The lowest BCUT2D eigenvalue weighted by Crippen LogP contribution is -2.15. The molecule has 0 spiro atoms. The molecular weight excluding hydrogens is 372 g/mol. The van der Waals surface area contributed by atoms with E-state index >= 15 is 0 Å². The molecule has 2 nitrogen and oxygen atoms in total. The predicted molar refractivity (Wildman–Crippen MR) is 89.3 cm³/mol. The number of carbonyl (C=O) groups is 1. The number of thioether (sulfide) groups is 1. The Kier molecular flexibility index (Phi) is 5.58. The first-order valence-corrected chi connectivity index (χ1v) is 8.29. The zero-order chi connectivity index (χ0) is 16.3. The van der Waals surface area contributed by atoms with Crippen LogP contribution in [0.4, 0.5) is 14.5 Å². The second kappa shape index (κ2) is 7.24. The van der Waals surface area contributed by atoms with Crippen LogP contribution in [0.25, 0.3) is 0 Å². The van der Waals surface area contributed by atoms with Gasteiger partial charge in [-0.1, -0.05) is 15.9 Å². The summed E-state index contributed by atoms with van der Waals surface area (Å²) in [5.41, 5.74) is 2.12. The molecule has 0 radical (unpaired) electrons. The number of halogens is 3. The summed E-state index contributed by atoms with van der Waals surface area (Å²) in [6, 6.07) is 7.05. The van der Waals surface area contributed by atoms with E-state index in [4.69, 9.17) is 0 Å². The van der Waals surface area contributed by atoms with E-state index in [2.05, 4.69) is 21.2 Å². The lowest BCUT2D eigenvalue weighted by Gasteiger charge is -2.09. The van der Waals surface area contributed by atoms with Crippen LogP contribution in [-0.2, 0) is 4.79 Å². The third-order valence-corrected chi connectivity index (χ3v) is 5.03. The number of amides is 1. The summed E-state index contributed by atoms with van der Waals surface area (Å²) in [6.07, 6.45) is 0. The number of carbonyl (C=O) groups excluding carboxylic acids is 1. The van der Waals surface area contributed by atoms with Gasteiger partial charge >= 0.3 is 0 Å². The van der Waals surface area contributed by atoms with Gasteiger partial charge in [0.05, 0.1) is 11.4 Å². The van der Waals surface area contributed by atoms with E-state index in [1.54, 1.807) is 0 Å². The number of hydrogen-bond acceptors (Lipinski definition) is 2. The van der Waals surface area contributed by atoms with Gasteiger partial charge in [-0.2, -0.15) is 0 Å². The van der Waals surface area contributed by atoms with Gasteiger partial charge in [0.15, 0.2) is 0 Å². The summed E-state index contributed by atoms with van der Waals surface area (Å²) in [5, 5.41) is 2.44. The highest BCUT2D eigenvalue weighted by Crippen LogP contribution is 2.28. The van der Waals surface area contributed by atoms with Crippen molar-refractivity contribution in [3.05, 3.63) is 57.6 Å². The van der Waals surface area contributed by atoms with E-state index in [1.165, 1.54) is 17.8 Å². The zero-order valence-corrected chi connectivity index (χ0v) is 14.4. The second-order valence-corrected chi connectivity index (χ2v) is 6.70. The van der Waals surface area contributed by atoms with Gasteiger partial charge in [0.25, 0.3) is 0 Å². The molecule has 0 fully saturated rings. The Morgan fingerprint density at radius 3 is 2.59 bits per heavy atom. The SMILES string of the molecule is Cc1cc(SCC(=O)Nc2ccc(F)cc2F)c(C)cc1Br. The Morgan fingerprint density at radius 1 is 1.18 bits per heavy atom. The van der Waals surface area contributed by atoms with Gasteiger partial charge in [0.2, 0.25) is 5.91 Å². The van der Waals surface area contributed by atoms with Crippen molar-refractivity contribution in [1.82, 2.24) is 0 Å². The van der Waals surface area contributed by atoms with E-state index in [0.717, 1.165) is 32.6 Å². The van der Waals surface area contributed by atoms with Crippen LogP contribution in [0.1, 0.15) is 11.1 Å². The average Bonchev–Trinajstić information content (AvgIpc) is 2.44. The van der Waals surface area contributed by atoms with Crippen molar-refractivity contribution in [2.24, 2.45) is 0 Å². The minimum Gasteiger partial charge on any atom is -0.323 e. The normalized spacial score (nSPS) is 10.6. The molecule has 0 saturated heterocycles. The number of benzene rings is 2. The van der Waals surface area contributed by atoms with Crippen molar-refractivity contribution in [3.63, 3.8) is 0 Å². The monoisotopic (exact) mass is 385 g/mol. The molecule has 0 aliphatic heterocycles. The first-order valence-electron chi connectivity index (χ1n) is 6.51. The minimum absolute atomic E-state index is 0.0179. The van der Waals surface area contributed by atoms with Crippen LogP contribution in [0, 0.1) is 25.5 Å². The van der Waals surface area contributed by atoms with Crippen molar-refractivity contribution < 1.29 is 13.6 Å². The molecule has 116 valence electrons. The van der Waals surface area contributed by atoms with Crippen LogP contribution < -0.4 is 5.32 Å². The molecule has 0 heterocycles. The van der Waals surface area contributed by atoms with Crippen molar-refractivity contribution in [2.45, 2.75) is 18.7 Å². The molecule has 2 aromatic carbocycles. The van der Waals surface area contributed by atoms with Crippen molar-refractivity contribution >= 4 is 39.3 Å². The quantitative estimate of drug-likeness (QED) is 0.743. The van der Waals surface area contributed by atoms with Crippen molar-refractivity contribution in [1.29, 1.82) is 0 Å². The summed E-state index contributed by atoms with van der Waals surface area (Å²) in [5.74, 6) is -1.64. The number of nitrogens with one attached hydrogen (secondary N) is 1. The van der Waals surface area contributed by atoms with E-state index in [1.807, 2.05) is 26.0 Å². The maximum Gasteiger partial charge on any atom is 0.234 e. The van der Waals surface area contributed by atoms with Crippen molar-refractivity contribution in [3.8, 4) is 0 Å². The minimum atomic E-state index is -0.783. The molecule has 2 rings (SSSR count). The molecule has 1 N–H and O–H groups in total. The highest BCUT2D eigenvalue weighted by Gasteiger charge is 2.10. The first-order chi connectivity index (χ1) is 10.4. The Bertz CT molecular complexity index is 722. The first kappa shape index (κ1) is 17.0. The fourth-order valence-corrected chi connectivity index (χ4v) is 3.19. The van der Waals surface area contributed by atoms with Crippen molar-refractivity contribution in [2.75, 3.05) is 11.1 Å². The largest absolute Gasteiger partial charge is 0.323 e. The van der Waals surface area contributed by atoms with E-state index in [0.29, 0.717) is 0 Å². The third-order valence-electron chi connectivity index (χ3n) is 3.02.